The maximum Gasteiger partial charge on any atom is 0.250 e. The largest absolute Gasteiger partial charge is 0.497 e. The van der Waals surface area contributed by atoms with Crippen molar-refractivity contribution in [2.45, 2.75) is 12.8 Å². The van der Waals surface area contributed by atoms with Crippen molar-refractivity contribution in [3.63, 3.8) is 0 Å². The summed E-state index contributed by atoms with van der Waals surface area (Å²) >= 11 is 0. The summed E-state index contributed by atoms with van der Waals surface area (Å²) in [7, 11) is 3.07. The van der Waals surface area contributed by atoms with Gasteiger partial charge in [-0.15, -0.1) is 0 Å². The molecule has 1 N–H and O–H groups in total. The molecular formula is C15H17NO3. The molecule has 0 unspecified atom stereocenters. The summed E-state index contributed by atoms with van der Waals surface area (Å²) in [4.78, 5) is 16.4. The topological polar surface area (TPSA) is 47.6 Å². The van der Waals surface area contributed by atoms with Crippen LogP contribution in [0.3, 0.4) is 0 Å². The van der Waals surface area contributed by atoms with E-state index in [1.165, 1.54) is 7.11 Å². The van der Waals surface area contributed by atoms with Crippen molar-refractivity contribution in [2.75, 3.05) is 14.2 Å². The van der Waals surface area contributed by atoms with Gasteiger partial charge in [-0.2, -0.15) is 0 Å². The molecule has 0 aliphatic rings. The van der Waals surface area contributed by atoms with E-state index in [0.29, 0.717) is 0 Å². The predicted molar refractivity (Wildman–Crippen MR) is 74.1 cm³/mol. The lowest BCUT2D eigenvalue weighted by Gasteiger charge is -2.12. The molecule has 2 aromatic rings. The molecule has 0 heterocycles. The fourth-order valence-corrected chi connectivity index (χ4v) is 1.98. The zero-order valence-electron chi connectivity index (χ0n) is 11.3. The minimum Gasteiger partial charge on any atom is -0.497 e. The van der Waals surface area contributed by atoms with Gasteiger partial charge in [0.25, 0.3) is 5.91 Å². The van der Waals surface area contributed by atoms with Crippen LogP contribution in [-0.4, -0.2) is 20.1 Å². The molecule has 2 rings (SSSR count). The lowest BCUT2D eigenvalue weighted by atomic mass is 9.97. The second-order valence-electron chi connectivity index (χ2n) is 4.36. The van der Waals surface area contributed by atoms with Gasteiger partial charge in [-0.1, -0.05) is 24.3 Å². The first kappa shape index (κ1) is 13.4. The summed E-state index contributed by atoms with van der Waals surface area (Å²) in [6.45, 7) is 1.85. The van der Waals surface area contributed by atoms with Gasteiger partial charge in [0, 0.05) is 0 Å². The summed E-state index contributed by atoms with van der Waals surface area (Å²) in [6.07, 6.45) is 0. The Labute approximate surface area is 112 Å². The number of benzene rings is 2. The molecule has 0 fully saturated rings. The summed E-state index contributed by atoms with van der Waals surface area (Å²) in [6, 6.07) is 11.8. The number of hydrogen-bond donors (Lipinski definition) is 1. The van der Waals surface area contributed by atoms with Gasteiger partial charge in [0.05, 0.1) is 20.1 Å². The number of amides is 1. The van der Waals surface area contributed by atoms with Crippen LogP contribution in [0.25, 0.3) is 10.8 Å². The second-order valence-corrected chi connectivity index (χ2v) is 4.36. The molecule has 1 amide bonds. The number of hydroxylamine groups is 1. The summed E-state index contributed by atoms with van der Waals surface area (Å²) in [5, 5.41) is 2.16. The average molecular weight is 259 g/mol. The van der Waals surface area contributed by atoms with Crippen molar-refractivity contribution in [1.29, 1.82) is 0 Å². The van der Waals surface area contributed by atoms with Crippen LogP contribution in [0, 0.1) is 0 Å². The van der Waals surface area contributed by atoms with Gasteiger partial charge in [0.15, 0.2) is 0 Å². The molecule has 0 radical (unpaired) electrons. The number of carbonyl (C=O) groups excluding carboxylic acids is 1. The minimum atomic E-state index is -0.258. The number of fused-ring (bicyclic) bond motifs is 1. The van der Waals surface area contributed by atoms with Gasteiger partial charge in [0.2, 0.25) is 0 Å². The van der Waals surface area contributed by atoms with Crippen LogP contribution in [-0.2, 0) is 9.63 Å². The fraction of sp³-hybridized carbons (Fsp3) is 0.267. The number of ether oxygens (including phenoxy) is 1. The Balaban J connectivity index is 2.33. The number of rotatable bonds is 4. The Hall–Kier alpha value is -2.07. The maximum absolute atomic E-state index is 11.7. The highest BCUT2D eigenvalue weighted by molar-refractivity contribution is 5.88. The van der Waals surface area contributed by atoms with Gasteiger partial charge in [-0.3, -0.25) is 9.63 Å². The highest BCUT2D eigenvalue weighted by atomic mass is 16.6. The predicted octanol–water partition coefficient (Wildman–Crippen LogP) is 2.63. The Bertz CT molecular complexity index is 595. The molecule has 1 atom stereocenters. The van der Waals surface area contributed by atoms with E-state index in [1.807, 2.05) is 43.3 Å². The molecule has 0 aliphatic heterocycles. The molecule has 0 spiro atoms. The molecule has 0 saturated heterocycles. The van der Waals surface area contributed by atoms with Crippen molar-refractivity contribution < 1.29 is 14.4 Å². The molecular weight excluding hydrogens is 242 g/mol. The van der Waals surface area contributed by atoms with Crippen LogP contribution in [0.5, 0.6) is 5.75 Å². The van der Waals surface area contributed by atoms with E-state index in [9.17, 15) is 4.79 Å². The number of methoxy groups -OCH3 is 1. The zero-order chi connectivity index (χ0) is 13.8. The molecule has 0 bridgehead atoms. The summed E-state index contributed by atoms with van der Waals surface area (Å²) in [5.41, 5.74) is 3.30. The Morgan fingerprint density at radius 2 is 1.79 bits per heavy atom. The minimum absolute atomic E-state index is 0.157. The normalized spacial score (nSPS) is 12.2. The van der Waals surface area contributed by atoms with Crippen molar-refractivity contribution in [3.05, 3.63) is 42.0 Å². The number of carbonyl (C=O) groups is 1. The van der Waals surface area contributed by atoms with Crippen LogP contribution < -0.4 is 10.2 Å². The second kappa shape index (κ2) is 5.71. The maximum atomic E-state index is 11.7. The van der Waals surface area contributed by atoms with Crippen LogP contribution >= 0.6 is 0 Å². The highest BCUT2D eigenvalue weighted by Crippen LogP contribution is 2.25. The Morgan fingerprint density at radius 3 is 2.47 bits per heavy atom. The first-order valence-electron chi connectivity index (χ1n) is 6.06. The van der Waals surface area contributed by atoms with Gasteiger partial charge in [-0.25, -0.2) is 5.48 Å². The van der Waals surface area contributed by atoms with Crippen LogP contribution in [0.4, 0.5) is 0 Å². The van der Waals surface area contributed by atoms with Crippen molar-refractivity contribution in [1.82, 2.24) is 5.48 Å². The smallest absolute Gasteiger partial charge is 0.250 e. The van der Waals surface area contributed by atoms with Crippen LogP contribution in [0.15, 0.2) is 36.4 Å². The van der Waals surface area contributed by atoms with Gasteiger partial charge in [-0.05, 0) is 35.4 Å². The number of hydrogen-bond acceptors (Lipinski definition) is 3. The molecule has 0 aliphatic carbocycles. The molecule has 2 aromatic carbocycles. The van der Waals surface area contributed by atoms with E-state index in [1.54, 1.807) is 7.11 Å². The third-order valence-corrected chi connectivity index (χ3v) is 3.17. The van der Waals surface area contributed by atoms with E-state index >= 15 is 0 Å². The lowest BCUT2D eigenvalue weighted by molar-refractivity contribution is -0.132. The van der Waals surface area contributed by atoms with Crippen molar-refractivity contribution in [2.24, 2.45) is 0 Å². The third-order valence-electron chi connectivity index (χ3n) is 3.17. The summed E-state index contributed by atoms with van der Waals surface area (Å²) in [5.74, 6) is 0.409. The van der Waals surface area contributed by atoms with E-state index in [0.717, 1.165) is 22.1 Å². The van der Waals surface area contributed by atoms with Gasteiger partial charge < -0.3 is 4.74 Å². The van der Waals surface area contributed by atoms with E-state index in [-0.39, 0.29) is 11.8 Å². The van der Waals surface area contributed by atoms with Gasteiger partial charge in [0.1, 0.15) is 5.75 Å². The Kier molecular flexibility index (Phi) is 4.02. The monoisotopic (exact) mass is 259 g/mol. The first-order valence-corrected chi connectivity index (χ1v) is 6.06. The van der Waals surface area contributed by atoms with Gasteiger partial charge >= 0.3 is 0 Å². The molecule has 4 heteroatoms. The van der Waals surface area contributed by atoms with E-state index < -0.39 is 0 Å². The molecule has 4 nitrogen and oxygen atoms in total. The molecule has 0 aromatic heterocycles. The lowest BCUT2D eigenvalue weighted by Crippen LogP contribution is -2.26. The molecule has 19 heavy (non-hydrogen) atoms. The number of nitrogens with one attached hydrogen (secondary N) is 1. The van der Waals surface area contributed by atoms with E-state index in [2.05, 4.69) is 10.3 Å². The highest BCUT2D eigenvalue weighted by Gasteiger charge is 2.15. The fourth-order valence-electron chi connectivity index (χ4n) is 1.98. The quantitative estimate of drug-likeness (QED) is 0.859. The molecule has 0 saturated carbocycles. The standard InChI is InChI=1S/C15H17NO3/c1-10(15(17)16-19-3)11-4-5-13-9-14(18-2)7-6-12(13)8-11/h4-10H,1-3H3,(H,16,17)/t10-/m0/s1. The average Bonchev–Trinajstić information content (AvgIpc) is 2.45. The van der Waals surface area contributed by atoms with Crippen LogP contribution in [0.2, 0.25) is 0 Å². The van der Waals surface area contributed by atoms with Crippen molar-refractivity contribution >= 4 is 16.7 Å². The Morgan fingerprint density at radius 1 is 1.11 bits per heavy atom. The van der Waals surface area contributed by atoms with E-state index in [4.69, 9.17) is 4.74 Å². The van der Waals surface area contributed by atoms with Crippen molar-refractivity contribution in [3.8, 4) is 5.75 Å². The summed E-state index contributed by atoms with van der Waals surface area (Å²) < 4.78 is 5.19. The van der Waals surface area contributed by atoms with Crippen LogP contribution in [0.1, 0.15) is 18.4 Å². The third kappa shape index (κ3) is 2.85. The molecule has 100 valence electrons. The first-order chi connectivity index (χ1) is 9.15. The zero-order valence-corrected chi connectivity index (χ0v) is 11.3. The SMILES string of the molecule is CONC(=O)[C@@H](C)c1ccc2cc(OC)ccc2c1.